The summed E-state index contributed by atoms with van der Waals surface area (Å²) in [5.41, 5.74) is 10.8. The van der Waals surface area contributed by atoms with E-state index in [0.717, 1.165) is 29.1 Å². The van der Waals surface area contributed by atoms with E-state index in [1.165, 1.54) is 0 Å². The molecule has 2 aromatic heterocycles. The topological polar surface area (TPSA) is 135 Å². The van der Waals surface area contributed by atoms with Crippen molar-refractivity contribution in [1.82, 2.24) is 15.2 Å². The van der Waals surface area contributed by atoms with Gasteiger partial charge in [-0.2, -0.15) is 10.2 Å². The number of rotatable bonds is 6. The highest BCUT2D eigenvalue weighted by atomic mass is 32.2. The number of hydrogen-bond donors (Lipinski definition) is 2. The number of nitrogens with two attached hydrogens (primary N) is 1. The minimum atomic E-state index is -2.91. The summed E-state index contributed by atoms with van der Waals surface area (Å²) < 4.78 is 29.9. The molecule has 10 heteroatoms. The molecule has 0 amide bonds. The summed E-state index contributed by atoms with van der Waals surface area (Å²) in [7, 11) is -2.91. The number of pyridine rings is 1. The van der Waals surface area contributed by atoms with Crippen LogP contribution < -0.4 is 15.4 Å². The Kier molecular flexibility index (Phi) is 5.94. The van der Waals surface area contributed by atoms with Crippen molar-refractivity contribution in [3.05, 3.63) is 70.7 Å². The maximum Gasteiger partial charge on any atom is 0.151 e. The molecule has 4 heterocycles. The predicted molar refractivity (Wildman–Crippen MR) is 139 cm³/mol. The summed E-state index contributed by atoms with van der Waals surface area (Å²) in [6.07, 6.45) is 3.86. The van der Waals surface area contributed by atoms with Crippen LogP contribution in [0.2, 0.25) is 0 Å². The van der Waals surface area contributed by atoms with Gasteiger partial charge in [0.25, 0.3) is 0 Å². The first kappa shape index (κ1) is 24.2. The number of aryl methyl sites for hydroxylation is 2. The van der Waals surface area contributed by atoms with Crippen LogP contribution >= 0.6 is 0 Å². The van der Waals surface area contributed by atoms with E-state index in [-0.39, 0.29) is 28.7 Å². The molecule has 1 atom stereocenters. The highest BCUT2D eigenvalue weighted by Gasteiger charge is 2.50. The van der Waals surface area contributed by atoms with E-state index in [2.05, 4.69) is 20.1 Å². The fourth-order valence-corrected chi connectivity index (χ4v) is 7.50. The molecule has 188 valence electrons. The van der Waals surface area contributed by atoms with Crippen molar-refractivity contribution in [2.45, 2.75) is 33.3 Å². The third-order valence-electron chi connectivity index (χ3n) is 7.17. The Labute approximate surface area is 211 Å². The number of nitrogen functional groups attached to an aromatic ring is 1. The first-order chi connectivity index (χ1) is 17.1. The number of anilines is 2. The second-order valence-corrected chi connectivity index (χ2v) is 12.2. The molecule has 9 nitrogen and oxygen atoms in total. The fourth-order valence-electron chi connectivity index (χ4n) is 5.35. The van der Waals surface area contributed by atoms with Crippen LogP contribution in [0.15, 0.2) is 42.7 Å². The Balaban J connectivity index is 1.29. The van der Waals surface area contributed by atoms with E-state index in [4.69, 9.17) is 15.9 Å². The maximum absolute atomic E-state index is 11.9. The molecule has 0 aliphatic carbocycles. The monoisotopic (exact) mass is 506 g/mol. The smallest absolute Gasteiger partial charge is 0.151 e. The third-order valence-corrected chi connectivity index (χ3v) is 9.05. The van der Waals surface area contributed by atoms with Crippen molar-refractivity contribution >= 4 is 27.1 Å². The Morgan fingerprint density at radius 1 is 1.19 bits per heavy atom. The minimum absolute atomic E-state index is 0.124. The van der Waals surface area contributed by atoms with Gasteiger partial charge in [0.1, 0.15) is 17.7 Å². The number of nitrogens with zero attached hydrogens (tertiary/aromatic N) is 4. The largest absolute Gasteiger partial charge is 0.486 e. The van der Waals surface area contributed by atoms with E-state index in [9.17, 15) is 8.42 Å². The SMILES string of the molecule is Cc1cnnc(C)c1[C@H](C)Oc1ccc(N)c(C(=N)c2ccc(N3CC4(CCS(=O)(=O)C4)C3)nc2)c1. The molecule has 36 heavy (non-hydrogen) atoms. The van der Waals surface area contributed by atoms with Crippen molar-refractivity contribution in [2.75, 3.05) is 35.2 Å². The van der Waals surface area contributed by atoms with Crippen LogP contribution in [0.1, 0.15) is 47.4 Å². The number of nitrogens with one attached hydrogen (secondary N) is 1. The Bertz CT molecular complexity index is 1410. The molecule has 2 fully saturated rings. The van der Waals surface area contributed by atoms with Gasteiger partial charge in [-0.15, -0.1) is 0 Å². The molecule has 2 aliphatic heterocycles. The van der Waals surface area contributed by atoms with Crippen molar-refractivity contribution in [2.24, 2.45) is 5.41 Å². The van der Waals surface area contributed by atoms with Crippen molar-refractivity contribution in [1.29, 1.82) is 5.41 Å². The lowest BCUT2D eigenvalue weighted by atomic mass is 9.79. The molecule has 3 N–H and O–H groups in total. The number of benzene rings is 1. The van der Waals surface area contributed by atoms with Gasteiger partial charge >= 0.3 is 0 Å². The molecule has 0 unspecified atom stereocenters. The number of aromatic nitrogens is 3. The molecular weight excluding hydrogens is 476 g/mol. The van der Waals surface area contributed by atoms with E-state index in [1.54, 1.807) is 30.6 Å². The van der Waals surface area contributed by atoms with Crippen molar-refractivity contribution < 1.29 is 13.2 Å². The standard InChI is InChI=1S/C26H30N6O3S/c1-16-11-30-31-17(2)24(16)18(3)35-20-5-6-22(27)21(10-20)25(28)19-4-7-23(29-12-19)32-13-26(14-32)8-9-36(33,34)15-26/h4-7,10-12,18,28H,8-9,13-15,27H2,1-3H3/t18-/m0/s1. The summed E-state index contributed by atoms with van der Waals surface area (Å²) in [4.78, 5) is 6.64. The van der Waals surface area contributed by atoms with E-state index in [1.807, 2.05) is 32.9 Å². The molecule has 3 aromatic rings. The first-order valence-corrected chi connectivity index (χ1v) is 13.7. The molecule has 0 saturated carbocycles. The van der Waals surface area contributed by atoms with Crippen LogP contribution in [0.25, 0.3) is 0 Å². The fraction of sp³-hybridized carbons (Fsp3) is 0.385. The zero-order chi connectivity index (χ0) is 25.7. The number of ether oxygens (including phenoxy) is 1. The van der Waals surface area contributed by atoms with Gasteiger partial charge in [0, 0.05) is 47.1 Å². The lowest BCUT2D eigenvalue weighted by Gasteiger charge is -2.48. The lowest BCUT2D eigenvalue weighted by molar-refractivity contribution is 0.224. The molecule has 5 rings (SSSR count). The first-order valence-electron chi connectivity index (χ1n) is 11.9. The van der Waals surface area contributed by atoms with Gasteiger partial charge in [-0.25, -0.2) is 13.4 Å². The second kappa shape index (κ2) is 8.85. The summed E-state index contributed by atoms with van der Waals surface area (Å²) >= 11 is 0. The maximum atomic E-state index is 11.9. The van der Waals surface area contributed by atoms with Crippen LogP contribution in [0.5, 0.6) is 5.75 Å². The molecule has 2 aliphatic rings. The van der Waals surface area contributed by atoms with Crippen LogP contribution in [-0.4, -0.2) is 53.9 Å². The quantitative estimate of drug-likeness (QED) is 0.384. The molecule has 1 aromatic carbocycles. The summed E-state index contributed by atoms with van der Waals surface area (Å²) in [5.74, 6) is 1.95. The number of sulfone groups is 1. The normalized spacial score (nSPS) is 18.6. The summed E-state index contributed by atoms with van der Waals surface area (Å²) in [5, 5.41) is 16.9. The van der Waals surface area contributed by atoms with E-state index < -0.39 is 9.84 Å². The molecular formula is C26H30N6O3S. The average molecular weight is 507 g/mol. The predicted octanol–water partition coefficient (Wildman–Crippen LogP) is 3.25. The van der Waals surface area contributed by atoms with E-state index in [0.29, 0.717) is 35.7 Å². The zero-order valence-corrected chi connectivity index (χ0v) is 21.5. The summed E-state index contributed by atoms with van der Waals surface area (Å²) in [6, 6.07) is 9.05. The van der Waals surface area contributed by atoms with Crippen LogP contribution in [0.3, 0.4) is 0 Å². The van der Waals surface area contributed by atoms with Crippen LogP contribution in [-0.2, 0) is 9.84 Å². The average Bonchev–Trinajstić information content (AvgIpc) is 3.15. The Morgan fingerprint density at radius 2 is 1.97 bits per heavy atom. The Hall–Kier alpha value is -3.53. The summed E-state index contributed by atoms with van der Waals surface area (Å²) in [6.45, 7) is 7.25. The van der Waals surface area contributed by atoms with Gasteiger partial charge < -0.3 is 15.4 Å². The minimum Gasteiger partial charge on any atom is -0.486 e. The molecule has 1 spiro atoms. The molecule has 2 saturated heterocycles. The van der Waals surface area contributed by atoms with Crippen LogP contribution in [0.4, 0.5) is 11.5 Å². The highest BCUT2D eigenvalue weighted by molar-refractivity contribution is 7.91. The Morgan fingerprint density at radius 3 is 2.61 bits per heavy atom. The second-order valence-electron chi connectivity index (χ2n) is 10.0. The van der Waals surface area contributed by atoms with Gasteiger partial charge in [-0.3, -0.25) is 5.41 Å². The zero-order valence-electron chi connectivity index (χ0n) is 20.7. The van der Waals surface area contributed by atoms with Crippen LogP contribution in [0, 0.1) is 24.7 Å². The van der Waals surface area contributed by atoms with Crippen molar-refractivity contribution in [3.63, 3.8) is 0 Å². The van der Waals surface area contributed by atoms with Gasteiger partial charge in [-0.1, -0.05) is 0 Å². The highest BCUT2D eigenvalue weighted by Crippen LogP contribution is 2.42. The number of hydrogen-bond acceptors (Lipinski definition) is 9. The third kappa shape index (κ3) is 4.53. The van der Waals surface area contributed by atoms with E-state index >= 15 is 0 Å². The van der Waals surface area contributed by atoms with Gasteiger partial charge in [0.05, 0.1) is 29.1 Å². The lowest BCUT2D eigenvalue weighted by Crippen LogP contribution is -2.57. The van der Waals surface area contributed by atoms with Gasteiger partial charge in [0.2, 0.25) is 0 Å². The van der Waals surface area contributed by atoms with Gasteiger partial charge in [-0.05, 0) is 63.1 Å². The molecule has 0 radical (unpaired) electrons. The molecule has 0 bridgehead atoms. The van der Waals surface area contributed by atoms with Gasteiger partial charge in [0.15, 0.2) is 9.84 Å². The van der Waals surface area contributed by atoms with Crippen molar-refractivity contribution in [3.8, 4) is 5.75 Å².